The zero-order chi connectivity index (χ0) is 27.6. The first-order valence-electron chi connectivity index (χ1n) is 13.5. The number of carbonyl (C=O) groups excluding carboxylic acids is 2. The lowest BCUT2D eigenvalue weighted by molar-refractivity contribution is -0.149. The molecule has 1 spiro atoms. The highest BCUT2D eigenvalue weighted by Crippen LogP contribution is 2.60. The molecule has 208 valence electrons. The smallest absolute Gasteiger partial charge is 0.310 e. The van der Waals surface area contributed by atoms with Crippen LogP contribution >= 0.6 is 15.9 Å². The molecule has 1 unspecified atom stereocenters. The van der Waals surface area contributed by atoms with Crippen molar-refractivity contribution in [1.82, 2.24) is 4.90 Å². The lowest BCUT2D eigenvalue weighted by Crippen LogP contribution is -2.57. The summed E-state index contributed by atoms with van der Waals surface area (Å²) >= 11 is 3.58. The van der Waals surface area contributed by atoms with Crippen LogP contribution in [0.4, 0.5) is 11.4 Å². The third-order valence-electron chi connectivity index (χ3n) is 8.23. The number of nitrogens with zero attached hydrogens (tertiary/aromatic N) is 3. The highest BCUT2D eigenvalue weighted by molar-refractivity contribution is 9.09. The van der Waals surface area contributed by atoms with Gasteiger partial charge in [0.05, 0.1) is 17.9 Å². The minimum Gasteiger partial charge on any atom is -0.481 e. The Bertz CT molecular complexity index is 1050. The van der Waals surface area contributed by atoms with E-state index in [1.807, 2.05) is 24.3 Å². The zero-order valence-corrected chi connectivity index (χ0v) is 23.7. The molecule has 2 bridgehead atoms. The molecule has 0 aliphatic carbocycles. The standard InChI is InChI=1S/C28H38BrN3O6/c1-4-14-31(19-12-10-18(11-13-19)30(5-2)6-3)26(35)24-28-17-20(29)23(38-28)21(27(36)37)22(28)25(34)32(24)15-8-7-9-16-33/h4,10-13,20-24,33H,1,5-9,14-17H2,2-3H3,(H,36,37)/t20?,21-,22+,23-,24-,28+/m0/s1. The molecule has 2 amide bonds. The average Bonchev–Trinajstić information content (AvgIpc) is 3.49. The fourth-order valence-electron chi connectivity index (χ4n) is 6.53. The van der Waals surface area contributed by atoms with E-state index >= 15 is 0 Å². The third kappa shape index (κ3) is 4.75. The van der Waals surface area contributed by atoms with Gasteiger partial charge in [-0.2, -0.15) is 0 Å². The monoisotopic (exact) mass is 591 g/mol. The molecule has 10 heteroatoms. The normalized spacial score (nSPS) is 29.4. The van der Waals surface area contributed by atoms with Crippen molar-refractivity contribution in [3.8, 4) is 0 Å². The molecule has 4 rings (SSSR count). The molecule has 0 saturated carbocycles. The summed E-state index contributed by atoms with van der Waals surface area (Å²) in [6, 6.07) is 6.79. The number of unbranched alkanes of at least 4 members (excludes halogenated alkanes) is 2. The number of likely N-dealkylation sites (tertiary alicyclic amines) is 1. The fourth-order valence-corrected chi connectivity index (χ4v) is 7.48. The van der Waals surface area contributed by atoms with E-state index in [-0.39, 0.29) is 29.8 Å². The van der Waals surface area contributed by atoms with Crippen molar-refractivity contribution in [3.05, 3.63) is 36.9 Å². The summed E-state index contributed by atoms with van der Waals surface area (Å²) < 4.78 is 6.37. The number of halogens is 1. The molecular weight excluding hydrogens is 554 g/mol. The number of ether oxygens (including phenoxy) is 1. The van der Waals surface area contributed by atoms with E-state index in [1.54, 1.807) is 15.9 Å². The number of carboxylic acids is 1. The van der Waals surface area contributed by atoms with E-state index in [0.717, 1.165) is 18.8 Å². The third-order valence-corrected chi connectivity index (χ3v) is 9.08. The van der Waals surface area contributed by atoms with E-state index in [2.05, 4.69) is 41.3 Å². The Morgan fingerprint density at radius 3 is 2.42 bits per heavy atom. The zero-order valence-electron chi connectivity index (χ0n) is 22.1. The van der Waals surface area contributed by atoms with Crippen LogP contribution in [0.15, 0.2) is 36.9 Å². The van der Waals surface area contributed by atoms with Crippen LogP contribution in [0.1, 0.15) is 39.5 Å². The molecule has 3 aliphatic heterocycles. The van der Waals surface area contributed by atoms with E-state index in [0.29, 0.717) is 37.9 Å². The van der Waals surface area contributed by atoms with Crippen molar-refractivity contribution in [2.45, 2.75) is 62.1 Å². The van der Waals surface area contributed by atoms with Gasteiger partial charge in [0.15, 0.2) is 0 Å². The molecule has 9 nitrogen and oxygen atoms in total. The maximum Gasteiger partial charge on any atom is 0.310 e. The summed E-state index contributed by atoms with van der Waals surface area (Å²) in [7, 11) is 0. The molecule has 3 fully saturated rings. The van der Waals surface area contributed by atoms with Crippen LogP contribution in [-0.4, -0.2) is 88.3 Å². The maximum atomic E-state index is 14.4. The number of carbonyl (C=O) groups is 3. The van der Waals surface area contributed by atoms with E-state index < -0.39 is 35.6 Å². The van der Waals surface area contributed by atoms with Crippen molar-refractivity contribution in [2.75, 3.05) is 42.6 Å². The maximum absolute atomic E-state index is 14.4. The molecular formula is C28H38BrN3O6. The van der Waals surface area contributed by atoms with E-state index in [1.165, 1.54) is 0 Å². The first-order valence-corrected chi connectivity index (χ1v) is 14.4. The molecule has 6 atom stereocenters. The van der Waals surface area contributed by atoms with Gasteiger partial charge < -0.3 is 29.6 Å². The summed E-state index contributed by atoms with van der Waals surface area (Å²) in [4.78, 5) is 45.6. The Balaban J connectivity index is 1.72. The Kier molecular flexibility index (Phi) is 8.84. The molecule has 1 aromatic carbocycles. The number of hydrogen-bond acceptors (Lipinski definition) is 6. The van der Waals surface area contributed by atoms with Gasteiger partial charge in [-0.15, -0.1) is 6.58 Å². The number of amides is 2. The molecule has 1 aromatic rings. The number of anilines is 2. The second-order valence-corrected chi connectivity index (χ2v) is 11.4. The average molecular weight is 593 g/mol. The Labute approximate surface area is 232 Å². The topological polar surface area (TPSA) is 111 Å². The van der Waals surface area contributed by atoms with Gasteiger partial charge in [-0.05, 0) is 63.8 Å². The number of alkyl halides is 1. The SMILES string of the molecule is C=CCN(C(=O)[C@@H]1N(CCCCCO)C(=O)[C@H]2[C@H](C(=O)O)[C@H]3O[C@@]12CC3Br)c1ccc(N(CC)CC)cc1. The van der Waals surface area contributed by atoms with Crippen LogP contribution in [0.3, 0.4) is 0 Å². The van der Waals surface area contributed by atoms with Gasteiger partial charge in [0.1, 0.15) is 11.6 Å². The number of aliphatic carboxylic acids is 1. The Hall–Kier alpha value is -2.43. The van der Waals surface area contributed by atoms with Crippen LogP contribution in [-0.2, 0) is 19.1 Å². The minimum atomic E-state index is -1.21. The number of rotatable bonds is 13. The number of carboxylic acid groups (broad SMARTS) is 1. The molecule has 0 aromatic heterocycles. The van der Waals surface area contributed by atoms with Crippen LogP contribution in [0.5, 0.6) is 0 Å². The number of hydrogen-bond donors (Lipinski definition) is 2. The van der Waals surface area contributed by atoms with E-state index in [9.17, 15) is 24.6 Å². The van der Waals surface area contributed by atoms with Gasteiger partial charge in [-0.3, -0.25) is 14.4 Å². The minimum absolute atomic E-state index is 0.0522. The molecule has 0 radical (unpaired) electrons. The van der Waals surface area contributed by atoms with Crippen LogP contribution in [0.25, 0.3) is 0 Å². The fraction of sp³-hybridized carbons (Fsp3) is 0.607. The van der Waals surface area contributed by atoms with Gasteiger partial charge in [-0.1, -0.05) is 22.0 Å². The second-order valence-electron chi connectivity index (χ2n) is 10.2. The quantitative estimate of drug-likeness (QED) is 0.206. The lowest BCUT2D eigenvalue weighted by Gasteiger charge is -2.37. The van der Waals surface area contributed by atoms with Crippen molar-refractivity contribution in [2.24, 2.45) is 11.8 Å². The molecule has 3 heterocycles. The van der Waals surface area contributed by atoms with Crippen LogP contribution in [0, 0.1) is 11.8 Å². The Morgan fingerprint density at radius 1 is 1.18 bits per heavy atom. The van der Waals surface area contributed by atoms with Gasteiger partial charge in [0, 0.05) is 49.0 Å². The molecule has 2 N–H and O–H groups in total. The summed E-state index contributed by atoms with van der Waals surface area (Å²) in [6.07, 6.45) is 3.23. The number of fused-ring (bicyclic) bond motifs is 1. The van der Waals surface area contributed by atoms with Crippen molar-refractivity contribution in [1.29, 1.82) is 0 Å². The molecule has 3 aliphatic rings. The summed E-state index contributed by atoms with van der Waals surface area (Å²) in [6.45, 7) is 10.3. The lowest BCUT2D eigenvalue weighted by atomic mass is 9.70. The van der Waals surface area contributed by atoms with Crippen molar-refractivity contribution >= 4 is 45.1 Å². The first-order chi connectivity index (χ1) is 18.2. The predicted octanol–water partition coefficient (Wildman–Crippen LogP) is 3.05. The van der Waals surface area contributed by atoms with Crippen molar-refractivity contribution in [3.63, 3.8) is 0 Å². The molecule has 3 saturated heterocycles. The molecule has 38 heavy (non-hydrogen) atoms. The van der Waals surface area contributed by atoms with Gasteiger partial charge >= 0.3 is 5.97 Å². The Morgan fingerprint density at radius 2 is 1.84 bits per heavy atom. The van der Waals surface area contributed by atoms with Gasteiger partial charge in [0.2, 0.25) is 5.91 Å². The summed E-state index contributed by atoms with van der Waals surface area (Å²) in [5.74, 6) is -3.65. The first kappa shape index (κ1) is 28.6. The summed E-state index contributed by atoms with van der Waals surface area (Å²) in [5, 5.41) is 19.2. The number of benzene rings is 1. The highest BCUT2D eigenvalue weighted by atomic mass is 79.9. The highest BCUT2D eigenvalue weighted by Gasteiger charge is 2.76. The van der Waals surface area contributed by atoms with Crippen LogP contribution < -0.4 is 9.80 Å². The van der Waals surface area contributed by atoms with Gasteiger partial charge in [-0.25, -0.2) is 0 Å². The predicted molar refractivity (Wildman–Crippen MR) is 149 cm³/mol. The van der Waals surface area contributed by atoms with E-state index in [4.69, 9.17) is 4.74 Å². The number of aliphatic hydroxyl groups is 1. The second kappa shape index (κ2) is 11.8. The van der Waals surface area contributed by atoms with Crippen molar-refractivity contribution < 1.29 is 29.3 Å². The largest absolute Gasteiger partial charge is 0.481 e. The summed E-state index contributed by atoms with van der Waals surface area (Å²) in [5.41, 5.74) is 0.512. The van der Waals surface area contributed by atoms with Gasteiger partial charge in [0.25, 0.3) is 5.91 Å². The van der Waals surface area contributed by atoms with Crippen LogP contribution in [0.2, 0.25) is 0 Å². The number of aliphatic hydroxyl groups excluding tert-OH is 1.